The normalized spacial score (nSPS) is 26.5. The number of methoxy groups -OCH3 is 1. The fourth-order valence-electron chi connectivity index (χ4n) is 2.93. The van der Waals surface area contributed by atoms with Crippen molar-refractivity contribution in [2.75, 3.05) is 26.9 Å². The number of rotatable bonds is 2. The highest BCUT2D eigenvalue weighted by Crippen LogP contribution is 2.38. The summed E-state index contributed by atoms with van der Waals surface area (Å²) < 4.78 is 17.5. The fourth-order valence-corrected chi connectivity index (χ4v) is 2.93. The van der Waals surface area contributed by atoms with Crippen molar-refractivity contribution in [3.8, 4) is 0 Å². The summed E-state index contributed by atoms with van der Waals surface area (Å²) in [6, 6.07) is 1.84. The van der Waals surface area contributed by atoms with Crippen LogP contribution < -0.4 is 4.73 Å². The van der Waals surface area contributed by atoms with Crippen LogP contribution in [0.3, 0.4) is 0 Å². The summed E-state index contributed by atoms with van der Waals surface area (Å²) in [6.45, 7) is 2.28. The highest BCUT2D eigenvalue weighted by atomic mass is 16.6. The molecule has 1 atom stereocenters. The Kier molecular flexibility index (Phi) is 2.97. The van der Waals surface area contributed by atoms with Crippen LogP contribution in [0.5, 0.6) is 0 Å². The zero-order valence-corrected chi connectivity index (χ0v) is 10.5. The lowest BCUT2D eigenvalue weighted by molar-refractivity contribution is -0.624. The molecule has 1 spiro atoms. The van der Waals surface area contributed by atoms with Crippen LogP contribution in [0.2, 0.25) is 0 Å². The highest BCUT2D eigenvalue weighted by molar-refractivity contribution is 5.33. The van der Waals surface area contributed by atoms with Crippen LogP contribution in [0.4, 0.5) is 0 Å². The molecular weight excluding hydrogens is 234 g/mol. The third-order valence-corrected chi connectivity index (χ3v) is 3.75. The number of hydrogen-bond acceptors (Lipinski definition) is 4. The number of pyridine rings is 1. The standard InChI is InChI=1S/C13H17NO4/c1-16-8-10-2-5-14(15)12-11(10)3-6-18-13(12)4-7-17-9-13/h2,5H,3-4,6-9H2,1H3. The monoisotopic (exact) mass is 251 g/mol. The van der Waals surface area contributed by atoms with Crippen molar-refractivity contribution in [2.24, 2.45) is 0 Å². The van der Waals surface area contributed by atoms with E-state index in [2.05, 4.69) is 0 Å². The van der Waals surface area contributed by atoms with E-state index in [0.717, 1.165) is 34.4 Å². The first kappa shape index (κ1) is 11.9. The molecule has 0 radical (unpaired) electrons. The maximum Gasteiger partial charge on any atom is 0.230 e. The van der Waals surface area contributed by atoms with Crippen molar-refractivity contribution in [1.29, 1.82) is 0 Å². The minimum absolute atomic E-state index is 0.471. The molecule has 0 bridgehead atoms. The SMILES string of the molecule is COCc1cc[n+]([O-])c2c1CCOC21CCOC1. The van der Waals surface area contributed by atoms with Gasteiger partial charge in [0.05, 0.1) is 26.4 Å². The molecule has 1 unspecified atom stereocenters. The molecule has 0 aliphatic carbocycles. The largest absolute Gasteiger partial charge is 0.618 e. The van der Waals surface area contributed by atoms with Crippen molar-refractivity contribution in [3.63, 3.8) is 0 Å². The van der Waals surface area contributed by atoms with Crippen LogP contribution >= 0.6 is 0 Å². The van der Waals surface area contributed by atoms with Gasteiger partial charge in [0.1, 0.15) is 0 Å². The topological polar surface area (TPSA) is 54.6 Å². The van der Waals surface area contributed by atoms with E-state index in [1.807, 2.05) is 6.07 Å². The molecule has 5 heteroatoms. The predicted octanol–water partition coefficient (Wildman–Crippen LogP) is 0.655. The number of nitrogens with zero attached hydrogens (tertiary/aromatic N) is 1. The molecule has 98 valence electrons. The van der Waals surface area contributed by atoms with Gasteiger partial charge in [0.15, 0.2) is 11.8 Å². The second-order valence-electron chi connectivity index (χ2n) is 4.82. The first-order chi connectivity index (χ1) is 8.77. The van der Waals surface area contributed by atoms with Crippen LogP contribution in [-0.4, -0.2) is 26.9 Å². The van der Waals surface area contributed by atoms with E-state index < -0.39 is 5.60 Å². The van der Waals surface area contributed by atoms with Crippen LogP contribution in [0, 0.1) is 5.21 Å². The van der Waals surface area contributed by atoms with Crippen LogP contribution in [0.1, 0.15) is 23.2 Å². The Morgan fingerprint density at radius 1 is 1.50 bits per heavy atom. The van der Waals surface area contributed by atoms with Gasteiger partial charge in [-0.1, -0.05) is 0 Å². The lowest BCUT2D eigenvalue weighted by Gasteiger charge is -2.32. The zero-order chi connectivity index (χ0) is 12.6. The van der Waals surface area contributed by atoms with E-state index in [9.17, 15) is 5.21 Å². The van der Waals surface area contributed by atoms with E-state index in [4.69, 9.17) is 14.2 Å². The van der Waals surface area contributed by atoms with Gasteiger partial charge in [0.2, 0.25) is 5.69 Å². The smallest absolute Gasteiger partial charge is 0.230 e. The molecule has 1 fully saturated rings. The molecule has 0 N–H and O–H groups in total. The van der Waals surface area contributed by atoms with Gasteiger partial charge in [0, 0.05) is 31.6 Å². The van der Waals surface area contributed by atoms with E-state index in [1.165, 1.54) is 0 Å². The molecule has 2 aliphatic rings. The molecule has 0 amide bonds. The maximum atomic E-state index is 12.1. The van der Waals surface area contributed by atoms with Crippen molar-refractivity contribution >= 4 is 0 Å². The van der Waals surface area contributed by atoms with Gasteiger partial charge in [-0.3, -0.25) is 0 Å². The van der Waals surface area contributed by atoms with Crippen LogP contribution in [0.25, 0.3) is 0 Å². The molecule has 1 aromatic heterocycles. The molecule has 5 nitrogen and oxygen atoms in total. The minimum atomic E-state index is -0.543. The van der Waals surface area contributed by atoms with Crippen molar-refractivity contribution in [2.45, 2.75) is 25.0 Å². The number of aromatic nitrogens is 1. The Labute approximate surface area is 106 Å². The molecule has 1 aromatic rings. The van der Waals surface area contributed by atoms with Crippen LogP contribution in [-0.2, 0) is 32.8 Å². The number of fused-ring (bicyclic) bond motifs is 2. The van der Waals surface area contributed by atoms with Gasteiger partial charge in [-0.05, 0) is 5.56 Å². The van der Waals surface area contributed by atoms with Gasteiger partial charge in [-0.2, -0.15) is 4.73 Å². The first-order valence-electron chi connectivity index (χ1n) is 6.22. The molecule has 18 heavy (non-hydrogen) atoms. The van der Waals surface area contributed by atoms with Gasteiger partial charge < -0.3 is 19.4 Å². The minimum Gasteiger partial charge on any atom is -0.618 e. The molecule has 3 heterocycles. The maximum absolute atomic E-state index is 12.1. The first-order valence-corrected chi connectivity index (χ1v) is 6.22. The number of hydrogen-bond donors (Lipinski definition) is 0. The van der Waals surface area contributed by atoms with Crippen LogP contribution in [0.15, 0.2) is 12.3 Å². The van der Waals surface area contributed by atoms with E-state index in [0.29, 0.717) is 26.4 Å². The second-order valence-corrected chi connectivity index (χ2v) is 4.82. The summed E-state index contributed by atoms with van der Waals surface area (Å²) in [5.74, 6) is 0. The average Bonchev–Trinajstić information content (AvgIpc) is 2.82. The Morgan fingerprint density at radius 3 is 3.11 bits per heavy atom. The van der Waals surface area contributed by atoms with E-state index in [-0.39, 0.29) is 0 Å². The summed E-state index contributed by atoms with van der Waals surface area (Å²) in [5.41, 5.74) is 2.33. The third kappa shape index (κ3) is 1.70. The zero-order valence-electron chi connectivity index (χ0n) is 10.5. The van der Waals surface area contributed by atoms with Crippen molar-refractivity contribution in [3.05, 3.63) is 34.3 Å². The van der Waals surface area contributed by atoms with Crippen molar-refractivity contribution < 1.29 is 18.9 Å². The Hall–Kier alpha value is -1.17. The molecule has 0 aromatic carbocycles. The lowest BCUT2D eigenvalue weighted by atomic mass is 9.88. The van der Waals surface area contributed by atoms with E-state index in [1.54, 1.807) is 13.3 Å². The quantitative estimate of drug-likeness (QED) is 0.572. The highest BCUT2D eigenvalue weighted by Gasteiger charge is 2.48. The summed E-state index contributed by atoms with van der Waals surface area (Å²) >= 11 is 0. The Balaban J connectivity index is 2.13. The Bertz CT molecular complexity index is 455. The summed E-state index contributed by atoms with van der Waals surface area (Å²) in [4.78, 5) is 0. The van der Waals surface area contributed by atoms with Gasteiger partial charge in [-0.15, -0.1) is 0 Å². The second kappa shape index (κ2) is 4.50. The third-order valence-electron chi connectivity index (χ3n) is 3.75. The summed E-state index contributed by atoms with van der Waals surface area (Å²) in [6.07, 6.45) is 3.06. The summed E-state index contributed by atoms with van der Waals surface area (Å²) in [7, 11) is 1.67. The van der Waals surface area contributed by atoms with E-state index >= 15 is 0 Å². The molecule has 1 saturated heterocycles. The van der Waals surface area contributed by atoms with Gasteiger partial charge >= 0.3 is 0 Å². The molecular formula is C13H17NO4. The Morgan fingerprint density at radius 2 is 2.39 bits per heavy atom. The number of ether oxygens (including phenoxy) is 3. The predicted molar refractivity (Wildman–Crippen MR) is 62.9 cm³/mol. The fraction of sp³-hybridized carbons (Fsp3) is 0.615. The molecule has 0 saturated carbocycles. The molecule has 3 rings (SSSR count). The summed E-state index contributed by atoms with van der Waals surface area (Å²) in [5, 5.41) is 12.1. The van der Waals surface area contributed by atoms with Gasteiger partial charge in [-0.25, -0.2) is 0 Å². The average molecular weight is 251 g/mol. The lowest BCUT2D eigenvalue weighted by Crippen LogP contribution is -2.48. The van der Waals surface area contributed by atoms with Crippen molar-refractivity contribution in [1.82, 2.24) is 0 Å². The molecule has 2 aliphatic heterocycles. The van der Waals surface area contributed by atoms with Gasteiger partial charge in [0.25, 0.3) is 0 Å².